The molecule has 158 valence electrons. The molecule has 0 aliphatic heterocycles. The second-order valence-corrected chi connectivity index (χ2v) is 6.38. The van der Waals surface area contributed by atoms with Gasteiger partial charge in [-0.15, -0.1) is 0 Å². The predicted molar refractivity (Wildman–Crippen MR) is 104 cm³/mol. The Balaban J connectivity index is 2.80. The minimum atomic E-state index is -1.29. The maximum atomic E-state index is 12.6. The number of carbonyl (C=O) groups is 5. The second-order valence-electron chi connectivity index (χ2n) is 6.38. The summed E-state index contributed by atoms with van der Waals surface area (Å²) in [6, 6.07) is 5.60. The van der Waals surface area contributed by atoms with Crippen LogP contribution in [0.4, 0.5) is 0 Å². The third kappa shape index (κ3) is 8.39. The summed E-state index contributed by atoms with van der Waals surface area (Å²) in [6.45, 7) is 1.07. The molecule has 0 unspecified atom stereocenters. The van der Waals surface area contributed by atoms with Gasteiger partial charge in [0.15, 0.2) is 0 Å². The largest absolute Gasteiger partial charge is 0.370 e. The fourth-order valence-corrected chi connectivity index (χ4v) is 2.41. The van der Waals surface area contributed by atoms with E-state index in [0.29, 0.717) is 0 Å². The first-order valence-corrected chi connectivity index (χ1v) is 8.85. The maximum Gasteiger partial charge on any atom is 0.243 e. The molecule has 0 spiro atoms. The molecule has 1 aromatic rings. The van der Waals surface area contributed by atoms with E-state index in [1.807, 2.05) is 6.07 Å². The van der Waals surface area contributed by atoms with Gasteiger partial charge in [-0.05, 0) is 12.5 Å². The molecule has 11 nitrogen and oxygen atoms in total. The number of primary amides is 2. The fraction of sp³-hybridized carbons (Fsp3) is 0.389. The normalized spacial score (nSPS) is 13.4. The lowest BCUT2D eigenvalue weighted by atomic mass is 10.0. The quantitative estimate of drug-likeness (QED) is 0.226. The third-order valence-electron chi connectivity index (χ3n) is 3.94. The predicted octanol–water partition coefficient (Wildman–Crippen LogP) is -2.98. The molecule has 9 N–H and O–H groups in total. The summed E-state index contributed by atoms with van der Waals surface area (Å²) >= 11 is 0. The Morgan fingerprint density at radius 2 is 1.52 bits per heavy atom. The van der Waals surface area contributed by atoms with Crippen LogP contribution in [0.3, 0.4) is 0 Å². The topological polar surface area (TPSA) is 200 Å². The Morgan fingerprint density at radius 3 is 2.03 bits per heavy atom. The zero-order valence-corrected chi connectivity index (χ0v) is 16.0. The molecule has 11 heteroatoms. The number of carbonyl (C=O) groups excluding carboxylic acids is 5. The van der Waals surface area contributed by atoms with E-state index in [1.165, 1.54) is 6.92 Å². The molecule has 1 rings (SSSR count). The van der Waals surface area contributed by atoms with Crippen LogP contribution in [0.25, 0.3) is 0 Å². The molecule has 0 fully saturated rings. The highest BCUT2D eigenvalue weighted by molar-refractivity contribution is 5.95. The van der Waals surface area contributed by atoms with Crippen molar-refractivity contribution < 1.29 is 24.0 Å². The Labute approximate surface area is 167 Å². The van der Waals surface area contributed by atoms with Crippen LogP contribution < -0.4 is 33.2 Å². The summed E-state index contributed by atoms with van der Waals surface area (Å²) in [6.07, 6.45) is -0.288. The average molecular weight is 406 g/mol. The molecule has 5 amide bonds. The minimum Gasteiger partial charge on any atom is -0.370 e. The molecule has 0 heterocycles. The molecular formula is C18H26N6O5. The van der Waals surface area contributed by atoms with Crippen LogP contribution in [0.2, 0.25) is 0 Å². The molecule has 0 aromatic heterocycles. The van der Waals surface area contributed by atoms with Crippen molar-refractivity contribution in [2.45, 2.75) is 37.9 Å². The van der Waals surface area contributed by atoms with Crippen molar-refractivity contribution in [3.05, 3.63) is 35.9 Å². The first-order chi connectivity index (χ1) is 13.6. The number of rotatable bonds is 11. The number of nitrogens with two attached hydrogens (primary N) is 3. The molecule has 0 saturated heterocycles. The number of hydrogen-bond acceptors (Lipinski definition) is 6. The van der Waals surface area contributed by atoms with Gasteiger partial charge in [-0.25, -0.2) is 0 Å². The van der Waals surface area contributed by atoms with Gasteiger partial charge >= 0.3 is 0 Å². The van der Waals surface area contributed by atoms with E-state index < -0.39 is 54.1 Å². The summed E-state index contributed by atoms with van der Waals surface area (Å²) in [5, 5.41) is 7.21. The summed E-state index contributed by atoms with van der Waals surface area (Å²) in [7, 11) is 0. The van der Waals surface area contributed by atoms with Crippen molar-refractivity contribution in [1.82, 2.24) is 16.0 Å². The van der Waals surface area contributed by atoms with E-state index in [1.54, 1.807) is 24.3 Å². The second kappa shape index (κ2) is 11.4. The highest BCUT2D eigenvalue weighted by Gasteiger charge is 2.27. The summed E-state index contributed by atoms with van der Waals surface area (Å²) in [4.78, 5) is 58.8. The van der Waals surface area contributed by atoms with Gasteiger partial charge in [0.05, 0.1) is 13.0 Å². The van der Waals surface area contributed by atoms with Crippen molar-refractivity contribution in [3.63, 3.8) is 0 Å². The van der Waals surface area contributed by atoms with Crippen LogP contribution in [0.5, 0.6) is 0 Å². The zero-order chi connectivity index (χ0) is 22.0. The molecule has 0 aliphatic rings. The van der Waals surface area contributed by atoms with Gasteiger partial charge in [-0.1, -0.05) is 30.3 Å². The molecular weight excluding hydrogens is 380 g/mol. The minimum absolute atomic E-state index is 0.179. The van der Waals surface area contributed by atoms with Crippen LogP contribution in [0.15, 0.2) is 30.3 Å². The Morgan fingerprint density at radius 1 is 0.897 bits per heavy atom. The number of amides is 5. The van der Waals surface area contributed by atoms with Crippen LogP contribution >= 0.6 is 0 Å². The SMILES string of the molecule is C[C@H](NC(=O)[C@H](Cc1ccccc1)NC(=O)CN)C(=O)N[C@@H](CC(N)=O)C(N)=O. The lowest BCUT2D eigenvalue weighted by Gasteiger charge is -2.22. The molecule has 0 radical (unpaired) electrons. The van der Waals surface area contributed by atoms with Crippen molar-refractivity contribution in [2.75, 3.05) is 6.54 Å². The van der Waals surface area contributed by atoms with Gasteiger partial charge in [-0.3, -0.25) is 24.0 Å². The standard InChI is InChI=1S/C18H26N6O5/c1-10(17(28)24-12(16(21)27)8-14(20)25)22-18(29)13(23-15(26)9-19)7-11-5-3-2-4-6-11/h2-6,10,12-13H,7-9,19H2,1H3,(H2,20,25)(H2,21,27)(H,22,29)(H,23,26)(H,24,28)/t10-,12-,13-/m0/s1. The van der Waals surface area contributed by atoms with Gasteiger partial charge in [0.25, 0.3) is 0 Å². The van der Waals surface area contributed by atoms with Crippen molar-refractivity contribution in [2.24, 2.45) is 17.2 Å². The third-order valence-corrected chi connectivity index (χ3v) is 3.94. The number of hydrogen-bond donors (Lipinski definition) is 6. The van der Waals surface area contributed by atoms with E-state index in [9.17, 15) is 24.0 Å². The lowest BCUT2D eigenvalue weighted by Crippen LogP contribution is -2.56. The van der Waals surface area contributed by atoms with Crippen molar-refractivity contribution in [3.8, 4) is 0 Å². The molecule has 0 saturated carbocycles. The summed E-state index contributed by atoms with van der Waals surface area (Å²) in [5.41, 5.74) is 16.2. The highest BCUT2D eigenvalue weighted by atomic mass is 16.2. The average Bonchev–Trinajstić information content (AvgIpc) is 2.66. The van der Waals surface area contributed by atoms with Crippen molar-refractivity contribution >= 4 is 29.5 Å². The maximum absolute atomic E-state index is 12.6. The molecule has 3 atom stereocenters. The van der Waals surface area contributed by atoms with Gasteiger partial charge in [0.1, 0.15) is 18.1 Å². The van der Waals surface area contributed by atoms with Crippen LogP contribution in [-0.4, -0.2) is 54.2 Å². The van der Waals surface area contributed by atoms with Crippen molar-refractivity contribution in [1.29, 1.82) is 0 Å². The van der Waals surface area contributed by atoms with E-state index in [0.717, 1.165) is 5.56 Å². The Kier molecular flexibility index (Phi) is 9.26. The highest BCUT2D eigenvalue weighted by Crippen LogP contribution is 2.04. The van der Waals surface area contributed by atoms with Crippen LogP contribution in [0, 0.1) is 0 Å². The van der Waals surface area contributed by atoms with Gasteiger partial charge < -0.3 is 33.2 Å². The van der Waals surface area contributed by atoms with Gasteiger partial charge in [0.2, 0.25) is 29.5 Å². The van der Waals surface area contributed by atoms with Gasteiger partial charge in [0, 0.05) is 6.42 Å². The molecule has 0 aliphatic carbocycles. The van der Waals surface area contributed by atoms with E-state index >= 15 is 0 Å². The summed E-state index contributed by atoms with van der Waals surface area (Å²) < 4.78 is 0. The zero-order valence-electron chi connectivity index (χ0n) is 16.0. The fourth-order valence-electron chi connectivity index (χ4n) is 2.41. The Hall–Kier alpha value is -3.47. The monoisotopic (exact) mass is 406 g/mol. The Bertz CT molecular complexity index is 754. The van der Waals surface area contributed by atoms with Crippen LogP contribution in [-0.2, 0) is 30.4 Å². The first-order valence-electron chi connectivity index (χ1n) is 8.85. The van der Waals surface area contributed by atoms with E-state index in [2.05, 4.69) is 16.0 Å². The molecule has 0 bridgehead atoms. The summed E-state index contributed by atoms with van der Waals surface area (Å²) in [5.74, 6) is -3.66. The number of nitrogens with one attached hydrogen (secondary N) is 3. The van der Waals surface area contributed by atoms with Crippen LogP contribution in [0.1, 0.15) is 18.9 Å². The smallest absolute Gasteiger partial charge is 0.243 e. The molecule has 1 aromatic carbocycles. The van der Waals surface area contributed by atoms with E-state index in [4.69, 9.17) is 17.2 Å². The molecule has 29 heavy (non-hydrogen) atoms. The lowest BCUT2D eigenvalue weighted by molar-refractivity contribution is -0.133. The first kappa shape index (κ1) is 23.6. The van der Waals surface area contributed by atoms with Gasteiger partial charge in [-0.2, -0.15) is 0 Å². The number of benzene rings is 1. The van der Waals surface area contributed by atoms with E-state index in [-0.39, 0.29) is 13.0 Å².